The highest BCUT2D eigenvalue weighted by Crippen LogP contribution is 2.34. The van der Waals surface area contributed by atoms with E-state index in [0.717, 1.165) is 12.8 Å². The second-order valence-corrected chi connectivity index (χ2v) is 4.89. The smallest absolute Gasteiger partial charge is 0.310 e. The molecule has 2 N–H and O–H groups in total. The van der Waals surface area contributed by atoms with E-state index in [4.69, 9.17) is 5.26 Å². The van der Waals surface area contributed by atoms with Crippen LogP contribution < -0.4 is 10.6 Å². The Bertz CT molecular complexity index is 327. The SMILES string of the molecule is CC1(CNC(=O)C(=O)NCC#N)CCCCC1. The fraction of sp³-hybridized carbons (Fsp3) is 0.750. The standard InChI is InChI=1S/C12H19N3O2/c1-12(5-3-2-4-6-12)9-15-11(17)10(16)14-8-7-13/h2-6,8-9H2,1H3,(H,14,16)(H,15,17). The van der Waals surface area contributed by atoms with E-state index in [1.807, 2.05) is 0 Å². The fourth-order valence-corrected chi connectivity index (χ4v) is 2.16. The maximum atomic E-state index is 11.4. The van der Waals surface area contributed by atoms with E-state index in [1.165, 1.54) is 19.3 Å². The zero-order chi connectivity index (χ0) is 12.7. The van der Waals surface area contributed by atoms with Crippen molar-refractivity contribution in [1.29, 1.82) is 5.26 Å². The average molecular weight is 237 g/mol. The normalized spacial score (nSPS) is 17.9. The van der Waals surface area contributed by atoms with Gasteiger partial charge in [0.05, 0.1) is 6.07 Å². The number of carbonyl (C=O) groups excluding carboxylic acids is 2. The Labute approximate surface area is 102 Å². The lowest BCUT2D eigenvalue weighted by atomic mass is 9.76. The second kappa shape index (κ2) is 6.24. The molecule has 0 saturated heterocycles. The summed E-state index contributed by atoms with van der Waals surface area (Å²) in [6.45, 7) is 2.54. The van der Waals surface area contributed by atoms with Crippen molar-refractivity contribution in [2.45, 2.75) is 39.0 Å². The van der Waals surface area contributed by atoms with Crippen LogP contribution in [0.2, 0.25) is 0 Å². The van der Waals surface area contributed by atoms with Crippen LogP contribution in [0.4, 0.5) is 0 Å². The van der Waals surface area contributed by atoms with Gasteiger partial charge in [-0.3, -0.25) is 9.59 Å². The Morgan fingerprint density at radius 3 is 2.35 bits per heavy atom. The molecule has 5 nitrogen and oxygen atoms in total. The first-order valence-electron chi connectivity index (χ1n) is 6.00. The summed E-state index contributed by atoms with van der Waals surface area (Å²) >= 11 is 0. The van der Waals surface area contributed by atoms with Gasteiger partial charge in [-0.05, 0) is 18.3 Å². The molecule has 0 heterocycles. The minimum absolute atomic E-state index is 0.115. The number of hydrogen-bond donors (Lipinski definition) is 2. The Kier molecular flexibility index (Phi) is 4.95. The number of nitrogens with one attached hydrogen (secondary N) is 2. The third-order valence-electron chi connectivity index (χ3n) is 3.27. The van der Waals surface area contributed by atoms with E-state index in [2.05, 4.69) is 17.6 Å². The molecule has 0 aromatic heterocycles. The predicted molar refractivity (Wildman–Crippen MR) is 62.8 cm³/mol. The van der Waals surface area contributed by atoms with E-state index in [1.54, 1.807) is 6.07 Å². The van der Waals surface area contributed by atoms with E-state index < -0.39 is 11.8 Å². The second-order valence-electron chi connectivity index (χ2n) is 4.89. The molecule has 0 aliphatic heterocycles. The first-order valence-corrected chi connectivity index (χ1v) is 6.00. The summed E-state index contributed by atoms with van der Waals surface area (Å²) in [5.41, 5.74) is 0.115. The average Bonchev–Trinajstić information content (AvgIpc) is 2.34. The topological polar surface area (TPSA) is 82.0 Å². The van der Waals surface area contributed by atoms with Crippen LogP contribution in [0.5, 0.6) is 0 Å². The van der Waals surface area contributed by atoms with Gasteiger partial charge in [-0.1, -0.05) is 26.2 Å². The van der Waals surface area contributed by atoms with Crippen LogP contribution >= 0.6 is 0 Å². The minimum Gasteiger partial charge on any atom is -0.347 e. The van der Waals surface area contributed by atoms with Gasteiger partial charge in [-0.2, -0.15) is 5.26 Å². The van der Waals surface area contributed by atoms with E-state index in [0.29, 0.717) is 6.54 Å². The Hall–Kier alpha value is -1.57. The van der Waals surface area contributed by atoms with Gasteiger partial charge in [-0.25, -0.2) is 0 Å². The molecule has 17 heavy (non-hydrogen) atoms. The van der Waals surface area contributed by atoms with Crippen LogP contribution in [0.25, 0.3) is 0 Å². The van der Waals surface area contributed by atoms with Crippen LogP contribution in [0.3, 0.4) is 0 Å². The molecule has 0 atom stereocenters. The molecule has 0 unspecified atom stereocenters. The van der Waals surface area contributed by atoms with Crippen molar-refractivity contribution in [2.24, 2.45) is 5.41 Å². The van der Waals surface area contributed by atoms with Gasteiger partial charge in [-0.15, -0.1) is 0 Å². The van der Waals surface area contributed by atoms with Crippen LogP contribution in [-0.4, -0.2) is 24.9 Å². The zero-order valence-corrected chi connectivity index (χ0v) is 10.2. The van der Waals surface area contributed by atoms with Crippen LogP contribution in [-0.2, 0) is 9.59 Å². The van der Waals surface area contributed by atoms with Gasteiger partial charge in [0.1, 0.15) is 6.54 Å². The molecule has 1 rings (SSSR count). The van der Waals surface area contributed by atoms with Crippen LogP contribution in [0.1, 0.15) is 39.0 Å². The summed E-state index contributed by atoms with van der Waals surface area (Å²) in [6, 6.07) is 1.75. The minimum atomic E-state index is -0.731. The van der Waals surface area contributed by atoms with E-state index in [-0.39, 0.29) is 12.0 Å². The first kappa shape index (κ1) is 13.5. The van der Waals surface area contributed by atoms with Crippen molar-refractivity contribution in [2.75, 3.05) is 13.1 Å². The third-order valence-corrected chi connectivity index (χ3v) is 3.27. The first-order chi connectivity index (χ1) is 8.07. The summed E-state index contributed by atoms with van der Waals surface area (Å²) < 4.78 is 0. The van der Waals surface area contributed by atoms with Gasteiger partial charge in [0.25, 0.3) is 0 Å². The van der Waals surface area contributed by atoms with Crippen LogP contribution in [0, 0.1) is 16.7 Å². The summed E-state index contributed by atoms with van der Waals surface area (Å²) in [4.78, 5) is 22.6. The molecule has 1 saturated carbocycles. The van der Waals surface area contributed by atoms with Gasteiger partial charge in [0.2, 0.25) is 0 Å². The highest BCUT2D eigenvalue weighted by Gasteiger charge is 2.27. The molecule has 94 valence electrons. The zero-order valence-electron chi connectivity index (χ0n) is 10.2. The Balaban J connectivity index is 2.32. The fourth-order valence-electron chi connectivity index (χ4n) is 2.16. The lowest BCUT2D eigenvalue weighted by molar-refractivity contribution is -0.139. The monoisotopic (exact) mass is 237 g/mol. The molecule has 1 fully saturated rings. The summed E-state index contributed by atoms with van der Waals surface area (Å²) in [5.74, 6) is -1.38. The summed E-state index contributed by atoms with van der Waals surface area (Å²) in [7, 11) is 0. The maximum absolute atomic E-state index is 11.4. The number of amides is 2. The highest BCUT2D eigenvalue weighted by atomic mass is 16.2. The molecular formula is C12H19N3O2. The summed E-state index contributed by atoms with van der Waals surface area (Å²) in [6.07, 6.45) is 5.81. The molecule has 1 aliphatic carbocycles. The number of nitriles is 1. The van der Waals surface area contributed by atoms with Crippen molar-refractivity contribution >= 4 is 11.8 Å². The quantitative estimate of drug-likeness (QED) is 0.560. The molecule has 1 aliphatic rings. The van der Waals surface area contributed by atoms with Gasteiger partial charge < -0.3 is 10.6 Å². The number of carbonyl (C=O) groups is 2. The molecular weight excluding hydrogens is 218 g/mol. The van der Waals surface area contributed by atoms with E-state index in [9.17, 15) is 9.59 Å². The lowest BCUT2D eigenvalue weighted by Gasteiger charge is -2.33. The molecule has 0 spiro atoms. The van der Waals surface area contributed by atoms with Crippen molar-refractivity contribution in [3.63, 3.8) is 0 Å². The highest BCUT2D eigenvalue weighted by molar-refractivity contribution is 6.35. The van der Waals surface area contributed by atoms with Gasteiger partial charge in [0, 0.05) is 6.54 Å². The molecule has 0 bridgehead atoms. The Morgan fingerprint density at radius 1 is 1.18 bits per heavy atom. The maximum Gasteiger partial charge on any atom is 0.310 e. The molecule has 2 amide bonds. The van der Waals surface area contributed by atoms with Crippen molar-refractivity contribution in [3.8, 4) is 6.07 Å². The van der Waals surface area contributed by atoms with Crippen molar-refractivity contribution in [1.82, 2.24) is 10.6 Å². The number of hydrogen-bond acceptors (Lipinski definition) is 3. The lowest BCUT2D eigenvalue weighted by Crippen LogP contribution is -2.44. The number of nitrogens with zero attached hydrogens (tertiary/aromatic N) is 1. The molecule has 0 aromatic carbocycles. The largest absolute Gasteiger partial charge is 0.347 e. The van der Waals surface area contributed by atoms with E-state index >= 15 is 0 Å². The molecule has 0 aromatic rings. The van der Waals surface area contributed by atoms with Gasteiger partial charge >= 0.3 is 11.8 Å². The predicted octanol–water partition coefficient (Wildman–Crippen LogP) is 0.713. The van der Waals surface area contributed by atoms with Crippen molar-refractivity contribution < 1.29 is 9.59 Å². The van der Waals surface area contributed by atoms with Gasteiger partial charge in [0.15, 0.2) is 0 Å². The van der Waals surface area contributed by atoms with Crippen LogP contribution in [0.15, 0.2) is 0 Å². The third kappa shape index (κ3) is 4.43. The molecule has 5 heteroatoms. The number of rotatable bonds is 3. The Morgan fingerprint density at radius 2 is 1.76 bits per heavy atom. The van der Waals surface area contributed by atoms with Crippen molar-refractivity contribution in [3.05, 3.63) is 0 Å². The molecule has 0 radical (unpaired) electrons. The summed E-state index contributed by atoms with van der Waals surface area (Å²) in [5, 5.41) is 13.1.